The van der Waals surface area contributed by atoms with Crippen LogP contribution >= 0.6 is 0 Å². The van der Waals surface area contributed by atoms with Crippen molar-refractivity contribution in [2.75, 3.05) is 0 Å². The van der Waals surface area contributed by atoms with Gasteiger partial charge in [0, 0.05) is 43.8 Å². The van der Waals surface area contributed by atoms with Crippen LogP contribution in [0, 0.1) is 32.1 Å². The third-order valence-corrected chi connectivity index (χ3v) is 12.5. The van der Waals surface area contributed by atoms with Crippen molar-refractivity contribution >= 4 is 46.0 Å². The van der Waals surface area contributed by atoms with E-state index in [1.54, 1.807) is 0 Å². The first-order valence-corrected chi connectivity index (χ1v) is 23.0. The summed E-state index contributed by atoms with van der Waals surface area (Å²) in [7, 11) is -1.34. The average molecular weight is 938 g/mol. The van der Waals surface area contributed by atoms with Crippen molar-refractivity contribution in [2.45, 2.75) is 53.8 Å². The normalized spacial score (nSPS) is 11.5. The number of benzene rings is 6. The monoisotopic (exact) mass is 938 g/mol. The second-order valence-corrected chi connectivity index (χ2v) is 21.2. The fourth-order valence-electron chi connectivity index (χ4n) is 7.82. The molecule has 3 heterocycles. The molecule has 0 unspecified atom stereocenters. The van der Waals surface area contributed by atoms with Gasteiger partial charge in [-0.15, -0.1) is 35.9 Å². The van der Waals surface area contributed by atoms with Crippen molar-refractivity contribution in [2.24, 2.45) is 5.92 Å². The van der Waals surface area contributed by atoms with E-state index in [1.807, 2.05) is 30.3 Å². The summed E-state index contributed by atoms with van der Waals surface area (Å²) in [6.45, 7) is 16.1. The molecule has 0 spiro atoms. The molecule has 0 aliphatic carbocycles. The van der Waals surface area contributed by atoms with E-state index in [-0.39, 0.29) is 20.1 Å². The Hall–Kier alpha value is -5.39. The molecule has 9 aromatic rings. The van der Waals surface area contributed by atoms with Gasteiger partial charge in [-0.2, -0.15) is 0 Å². The summed E-state index contributed by atoms with van der Waals surface area (Å²) in [6, 6.07) is 49.7. The maximum absolute atomic E-state index is 5.93. The molecule has 57 heavy (non-hydrogen) atoms. The quantitative estimate of drug-likeness (QED) is 0.118. The molecular formula is C51H47IrN3OSi-2. The molecule has 0 aliphatic rings. The molecule has 0 N–H and O–H groups in total. The number of pyridine rings is 1. The molecule has 0 saturated heterocycles. The Bertz CT molecular complexity index is 2810. The van der Waals surface area contributed by atoms with Gasteiger partial charge in [-0.3, -0.25) is 4.98 Å². The topological polar surface area (TPSA) is 43.9 Å². The Kier molecular flexibility index (Phi) is 11.6. The number of imidazole rings is 1. The van der Waals surface area contributed by atoms with Gasteiger partial charge in [0.1, 0.15) is 0 Å². The Morgan fingerprint density at radius 2 is 1.49 bits per heavy atom. The van der Waals surface area contributed by atoms with Gasteiger partial charge in [-0.25, -0.2) is 0 Å². The van der Waals surface area contributed by atoms with Crippen LogP contribution in [0.1, 0.15) is 30.5 Å². The zero-order chi connectivity index (χ0) is 39.0. The molecule has 0 aliphatic heterocycles. The zero-order valence-electron chi connectivity index (χ0n) is 33.6. The van der Waals surface area contributed by atoms with Crippen molar-refractivity contribution in [1.29, 1.82) is 0 Å². The van der Waals surface area contributed by atoms with E-state index in [0.717, 1.165) is 56.8 Å². The van der Waals surface area contributed by atoms with Crippen LogP contribution in [0.15, 0.2) is 144 Å². The molecule has 9 rings (SSSR count). The van der Waals surface area contributed by atoms with Gasteiger partial charge in [-0.05, 0) is 94.4 Å². The number of hydrogen-bond acceptors (Lipinski definition) is 3. The summed E-state index contributed by atoms with van der Waals surface area (Å²) >= 11 is 0. The minimum atomic E-state index is -1.34. The standard InChI is InChI=1S/C33H23N2O.C18H24NSi.Ir/c1-21-8-7-9-22(2)32(21)25-15-17-31-27(19-25)28(20-36-31)33-34-29-12-5-6-13-30(29)35(33)26-16-14-23-10-3-4-11-24(23)18-26;1-14(2)11-16-12-17(15-9-7-6-8-10-15)19-13-18(16)20(3,4)5;/h3-19H,1-2H3;6-9,12-14H,11H2,1-5H3;/q2*-1;. The number of furan rings is 1. The van der Waals surface area contributed by atoms with Crippen LogP contribution in [0.25, 0.3) is 72.2 Å². The predicted molar refractivity (Wildman–Crippen MR) is 238 cm³/mol. The SMILES string of the molecule is CC(C)Cc1cc(-c2[c-]cccc2)ncc1[Si](C)(C)C.Cc1cccc(C)c1-c1ccc2o[c-]c(-c3nc4ccccc4n3-c3ccc4ccccc4c3)c2c1.[Ir]. The van der Waals surface area contributed by atoms with E-state index in [4.69, 9.17) is 9.40 Å². The van der Waals surface area contributed by atoms with Gasteiger partial charge >= 0.3 is 0 Å². The van der Waals surface area contributed by atoms with E-state index in [0.29, 0.717) is 5.92 Å². The van der Waals surface area contributed by atoms with Gasteiger partial charge < -0.3 is 14.0 Å². The van der Waals surface area contributed by atoms with Gasteiger partial charge in [0.25, 0.3) is 0 Å². The summed E-state index contributed by atoms with van der Waals surface area (Å²) in [5.41, 5.74) is 13.3. The Labute approximate surface area is 351 Å². The Balaban J connectivity index is 0.000000202. The van der Waals surface area contributed by atoms with E-state index >= 15 is 0 Å². The van der Waals surface area contributed by atoms with Gasteiger partial charge in [0.15, 0.2) is 0 Å². The second-order valence-electron chi connectivity index (χ2n) is 16.2. The minimum absolute atomic E-state index is 0. The van der Waals surface area contributed by atoms with Crippen molar-refractivity contribution in [3.63, 3.8) is 0 Å². The summed E-state index contributed by atoms with van der Waals surface area (Å²) in [5.74, 6) is 1.49. The largest absolute Gasteiger partial charge is 0.557 e. The fraction of sp³-hybridized carbons (Fsp3) is 0.176. The molecule has 6 aromatic carbocycles. The first kappa shape index (κ1) is 39.8. The van der Waals surface area contributed by atoms with Crippen LogP contribution in [0.4, 0.5) is 0 Å². The van der Waals surface area contributed by atoms with Crippen molar-refractivity contribution in [3.8, 4) is 39.5 Å². The van der Waals surface area contributed by atoms with Crippen LogP contribution in [0.2, 0.25) is 19.6 Å². The number of nitrogens with zero attached hydrogens (tertiary/aromatic N) is 3. The van der Waals surface area contributed by atoms with Crippen LogP contribution in [0.3, 0.4) is 0 Å². The van der Waals surface area contributed by atoms with E-state index in [9.17, 15) is 0 Å². The number of para-hydroxylation sites is 2. The van der Waals surface area contributed by atoms with Crippen LogP contribution in [-0.4, -0.2) is 22.6 Å². The molecule has 0 amide bonds. The number of aryl methyl sites for hydroxylation is 2. The summed E-state index contributed by atoms with van der Waals surface area (Å²) in [5, 5.41) is 4.90. The number of rotatable bonds is 7. The van der Waals surface area contributed by atoms with Crippen molar-refractivity contribution in [1.82, 2.24) is 14.5 Å². The van der Waals surface area contributed by atoms with Crippen LogP contribution in [0.5, 0.6) is 0 Å². The smallest absolute Gasteiger partial charge is 0.0798 e. The molecule has 0 bridgehead atoms. The summed E-state index contributed by atoms with van der Waals surface area (Å²) < 4.78 is 8.15. The Morgan fingerprint density at radius 3 is 2.23 bits per heavy atom. The second kappa shape index (κ2) is 16.6. The van der Waals surface area contributed by atoms with Gasteiger partial charge in [-0.1, -0.05) is 135 Å². The molecular weight excluding hydrogens is 891 g/mol. The molecule has 0 saturated carbocycles. The molecule has 287 valence electrons. The van der Waals surface area contributed by atoms with E-state index in [1.165, 1.54) is 43.8 Å². The number of hydrogen-bond donors (Lipinski definition) is 0. The van der Waals surface area contributed by atoms with Gasteiger partial charge in [0.2, 0.25) is 0 Å². The minimum Gasteiger partial charge on any atom is -0.557 e. The molecule has 0 fully saturated rings. The first-order valence-electron chi connectivity index (χ1n) is 19.5. The summed E-state index contributed by atoms with van der Waals surface area (Å²) in [4.78, 5) is 9.76. The van der Waals surface area contributed by atoms with E-state index in [2.05, 4.69) is 179 Å². The number of fused-ring (bicyclic) bond motifs is 3. The molecule has 4 nitrogen and oxygen atoms in total. The third-order valence-electron chi connectivity index (χ3n) is 10.5. The fourth-order valence-corrected chi connectivity index (χ4v) is 9.41. The average Bonchev–Trinajstić information content (AvgIpc) is 3.79. The number of aromatic nitrogens is 3. The van der Waals surface area contributed by atoms with Gasteiger partial charge in [0.05, 0.1) is 24.9 Å². The van der Waals surface area contributed by atoms with Crippen LogP contribution in [-0.2, 0) is 26.5 Å². The predicted octanol–water partition coefficient (Wildman–Crippen LogP) is 13.0. The first-order chi connectivity index (χ1) is 27.0. The molecule has 0 atom stereocenters. The van der Waals surface area contributed by atoms with Crippen molar-refractivity contribution < 1.29 is 24.5 Å². The molecule has 1 radical (unpaired) electrons. The Morgan fingerprint density at radius 1 is 0.754 bits per heavy atom. The third kappa shape index (κ3) is 8.22. The van der Waals surface area contributed by atoms with Crippen molar-refractivity contribution in [3.05, 3.63) is 169 Å². The molecule has 6 heteroatoms. The van der Waals surface area contributed by atoms with E-state index < -0.39 is 8.07 Å². The maximum atomic E-state index is 5.93. The zero-order valence-corrected chi connectivity index (χ0v) is 37.0. The van der Waals surface area contributed by atoms with Crippen LogP contribution < -0.4 is 5.19 Å². The molecule has 3 aromatic heterocycles. The summed E-state index contributed by atoms with van der Waals surface area (Å²) in [6.07, 6.45) is 6.43. The maximum Gasteiger partial charge on any atom is 0.0798 e.